The van der Waals surface area contributed by atoms with Crippen LogP contribution in [0.5, 0.6) is 11.5 Å². The summed E-state index contributed by atoms with van der Waals surface area (Å²) in [6, 6.07) is 8.50. The highest BCUT2D eigenvalue weighted by molar-refractivity contribution is 5.85. The number of fused-ring (bicyclic) bond motifs is 1. The first-order valence-electron chi connectivity index (χ1n) is 8.78. The molecule has 1 aromatic heterocycles. The number of nitrogens with zero attached hydrogens (tertiary/aromatic N) is 2. The van der Waals surface area contributed by atoms with Gasteiger partial charge in [0.25, 0.3) is 0 Å². The van der Waals surface area contributed by atoms with Gasteiger partial charge in [0.15, 0.2) is 0 Å². The zero-order chi connectivity index (χ0) is 17.3. The SMILES string of the molecule is CCC1CC(Oc2ccnc3cc(OC)ccc23)CN1C(C)(C)C. The lowest BCUT2D eigenvalue weighted by Crippen LogP contribution is -2.44. The fourth-order valence-corrected chi connectivity index (χ4v) is 3.68. The van der Waals surface area contributed by atoms with E-state index in [1.165, 1.54) is 0 Å². The predicted octanol–water partition coefficient (Wildman–Crippen LogP) is 4.27. The number of hydrogen-bond acceptors (Lipinski definition) is 4. The first-order chi connectivity index (χ1) is 11.4. The van der Waals surface area contributed by atoms with Gasteiger partial charge in [-0.2, -0.15) is 0 Å². The number of methoxy groups -OCH3 is 1. The van der Waals surface area contributed by atoms with Gasteiger partial charge in [-0.15, -0.1) is 0 Å². The zero-order valence-corrected chi connectivity index (χ0v) is 15.4. The first-order valence-corrected chi connectivity index (χ1v) is 8.78. The van der Waals surface area contributed by atoms with Crippen molar-refractivity contribution in [3.63, 3.8) is 0 Å². The van der Waals surface area contributed by atoms with E-state index < -0.39 is 0 Å². The Morgan fingerprint density at radius 3 is 2.67 bits per heavy atom. The van der Waals surface area contributed by atoms with Crippen molar-refractivity contribution >= 4 is 10.9 Å². The minimum atomic E-state index is 0.173. The number of ether oxygens (including phenoxy) is 2. The number of benzene rings is 1. The van der Waals surface area contributed by atoms with Crippen LogP contribution in [-0.4, -0.2) is 41.2 Å². The number of aromatic nitrogens is 1. The monoisotopic (exact) mass is 328 g/mol. The van der Waals surface area contributed by atoms with Crippen molar-refractivity contribution in [3.05, 3.63) is 30.5 Å². The number of likely N-dealkylation sites (tertiary alicyclic amines) is 1. The Labute approximate surface area is 144 Å². The molecule has 1 aliphatic heterocycles. The van der Waals surface area contributed by atoms with Crippen molar-refractivity contribution in [2.45, 2.75) is 58.2 Å². The van der Waals surface area contributed by atoms with Crippen molar-refractivity contribution < 1.29 is 9.47 Å². The molecule has 0 spiro atoms. The van der Waals surface area contributed by atoms with Crippen molar-refractivity contribution in [1.29, 1.82) is 0 Å². The van der Waals surface area contributed by atoms with Gasteiger partial charge in [0.1, 0.15) is 17.6 Å². The third-order valence-electron chi connectivity index (χ3n) is 4.91. The summed E-state index contributed by atoms with van der Waals surface area (Å²) in [7, 11) is 1.67. The molecular formula is C20H28N2O2. The standard InChI is InChI=1S/C20H28N2O2/c1-6-14-11-16(13-22(14)20(2,3)4)24-19-9-10-21-18-12-15(23-5)7-8-17(18)19/h7-10,12,14,16H,6,11,13H2,1-5H3. The summed E-state index contributed by atoms with van der Waals surface area (Å²) in [5.41, 5.74) is 1.08. The van der Waals surface area contributed by atoms with Crippen molar-refractivity contribution in [2.24, 2.45) is 0 Å². The van der Waals surface area contributed by atoms with Gasteiger partial charge in [-0.25, -0.2) is 0 Å². The maximum atomic E-state index is 6.40. The van der Waals surface area contributed by atoms with Gasteiger partial charge in [-0.3, -0.25) is 9.88 Å². The fraction of sp³-hybridized carbons (Fsp3) is 0.550. The summed E-state index contributed by atoms with van der Waals surface area (Å²) in [5.74, 6) is 1.73. The lowest BCUT2D eigenvalue weighted by Gasteiger charge is -2.36. The highest BCUT2D eigenvalue weighted by atomic mass is 16.5. The molecule has 2 aromatic rings. The molecule has 3 rings (SSSR count). The molecule has 0 saturated carbocycles. The van der Waals surface area contributed by atoms with Gasteiger partial charge >= 0.3 is 0 Å². The quantitative estimate of drug-likeness (QED) is 0.839. The van der Waals surface area contributed by atoms with Gasteiger partial charge in [0, 0.05) is 42.2 Å². The van der Waals surface area contributed by atoms with Crippen LogP contribution in [0.15, 0.2) is 30.5 Å². The summed E-state index contributed by atoms with van der Waals surface area (Å²) in [6.07, 6.45) is 4.27. The number of pyridine rings is 1. The van der Waals surface area contributed by atoms with E-state index in [1.807, 2.05) is 30.5 Å². The van der Waals surface area contributed by atoms with Gasteiger partial charge in [-0.1, -0.05) is 6.92 Å². The fourth-order valence-electron chi connectivity index (χ4n) is 3.68. The average Bonchev–Trinajstić information content (AvgIpc) is 2.98. The molecule has 0 amide bonds. The van der Waals surface area contributed by atoms with E-state index >= 15 is 0 Å². The summed E-state index contributed by atoms with van der Waals surface area (Å²) < 4.78 is 11.7. The van der Waals surface area contributed by atoms with E-state index in [-0.39, 0.29) is 11.6 Å². The summed E-state index contributed by atoms with van der Waals surface area (Å²) in [4.78, 5) is 7.01. The molecule has 2 heterocycles. The number of rotatable bonds is 4. The van der Waals surface area contributed by atoms with Gasteiger partial charge in [0.2, 0.25) is 0 Å². The Bertz CT molecular complexity index is 708. The molecule has 130 valence electrons. The van der Waals surface area contributed by atoms with E-state index in [0.717, 1.165) is 41.8 Å². The van der Waals surface area contributed by atoms with Crippen molar-refractivity contribution in [3.8, 4) is 11.5 Å². The molecule has 0 bridgehead atoms. The van der Waals surface area contributed by atoms with Crippen LogP contribution >= 0.6 is 0 Å². The largest absolute Gasteiger partial charge is 0.497 e. The predicted molar refractivity (Wildman–Crippen MR) is 97.9 cm³/mol. The van der Waals surface area contributed by atoms with Crippen LogP contribution in [0.4, 0.5) is 0 Å². The number of hydrogen-bond donors (Lipinski definition) is 0. The molecule has 0 N–H and O–H groups in total. The maximum Gasteiger partial charge on any atom is 0.130 e. The highest BCUT2D eigenvalue weighted by Gasteiger charge is 2.38. The summed E-state index contributed by atoms with van der Waals surface area (Å²) in [5, 5.41) is 1.04. The van der Waals surface area contributed by atoms with Gasteiger partial charge < -0.3 is 9.47 Å². The molecule has 0 aliphatic carbocycles. The third-order valence-corrected chi connectivity index (χ3v) is 4.91. The van der Waals surface area contributed by atoms with Crippen LogP contribution in [0.2, 0.25) is 0 Å². The molecule has 1 aromatic carbocycles. The van der Waals surface area contributed by atoms with Crippen LogP contribution in [0.3, 0.4) is 0 Å². The Morgan fingerprint density at radius 1 is 1.25 bits per heavy atom. The molecule has 4 nitrogen and oxygen atoms in total. The average molecular weight is 328 g/mol. The second-order valence-electron chi connectivity index (χ2n) is 7.55. The zero-order valence-electron chi connectivity index (χ0n) is 15.4. The smallest absolute Gasteiger partial charge is 0.130 e. The maximum absolute atomic E-state index is 6.40. The van der Waals surface area contributed by atoms with E-state index in [1.54, 1.807) is 7.11 Å². The van der Waals surface area contributed by atoms with Crippen LogP contribution in [-0.2, 0) is 0 Å². The van der Waals surface area contributed by atoms with E-state index in [9.17, 15) is 0 Å². The molecular weight excluding hydrogens is 300 g/mol. The van der Waals surface area contributed by atoms with Gasteiger partial charge in [-0.05, 0) is 45.4 Å². The molecule has 1 saturated heterocycles. The van der Waals surface area contributed by atoms with Crippen molar-refractivity contribution in [2.75, 3.05) is 13.7 Å². The Balaban J connectivity index is 1.83. The van der Waals surface area contributed by atoms with Crippen LogP contribution < -0.4 is 9.47 Å². The second-order valence-corrected chi connectivity index (χ2v) is 7.55. The van der Waals surface area contributed by atoms with Crippen LogP contribution in [0.1, 0.15) is 40.5 Å². The van der Waals surface area contributed by atoms with Crippen LogP contribution in [0, 0.1) is 0 Å². The second kappa shape index (κ2) is 6.60. The normalized spacial score (nSPS) is 22.0. The van der Waals surface area contributed by atoms with E-state index in [2.05, 4.69) is 37.6 Å². The molecule has 1 fully saturated rings. The molecule has 1 aliphatic rings. The lowest BCUT2D eigenvalue weighted by molar-refractivity contribution is 0.107. The minimum absolute atomic E-state index is 0.173. The van der Waals surface area contributed by atoms with E-state index in [0.29, 0.717) is 6.04 Å². The first kappa shape index (κ1) is 17.0. The molecule has 24 heavy (non-hydrogen) atoms. The lowest BCUT2D eigenvalue weighted by atomic mass is 10.0. The third kappa shape index (κ3) is 3.34. The highest BCUT2D eigenvalue weighted by Crippen LogP contribution is 2.33. The van der Waals surface area contributed by atoms with Crippen molar-refractivity contribution in [1.82, 2.24) is 9.88 Å². The summed E-state index contributed by atoms with van der Waals surface area (Å²) >= 11 is 0. The Kier molecular flexibility index (Phi) is 4.68. The molecule has 2 atom stereocenters. The topological polar surface area (TPSA) is 34.6 Å². The Hall–Kier alpha value is -1.81. The van der Waals surface area contributed by atoms with E-state index in [4.69, 9.17) is 9.47 Å². The van der Waals surface area contributed by atoms with Gasteiger partial charge in [0.05, 0.1) is 12.6 Å². The molecule has 2 unspecified atom stereocenters. The van der Waals surface area contributed by atoms with Crippen LogP contribution in [0.25, 0.3) is 10.9 Å². The molecule has 4 heteroatoms. The minimum Gasteiger partial charge on any atom is -0.497 e. The summed E-state index contributed by atoms with van der Waals surface area (Å²) in [6.45, 7) is 10.1. The molecule has 0 radical (unpaired) electrons. The Morgan fingerprint density at radius 2 is 2.04 bits per heavy atom.